The minimum Gasteiger partial charge on any atom is -0.490 e. The summed E-state index contributed by atoms with van der Waals surface area (Å²) in [4.78, 5) is 12.4. The van der Waals surface area contributed by atoms with Crippen molar-refractivity contribution in [3.8, 4) is 29.1 Å². The molecule has 7 nitrogen and oxygen atoms in total. The zero-order valence-electron chi connectivity index (χ0n) is 19.2. The number of benzene rings is 3. The largest absolute Gasteiger partial charge is 0.490 e. The molecule has 1 aliphatic rings. The number of aryl methyl sites for hydroxylation is 1. The Bertz CT molecular complexity index is 1340. The molecule has 0 radical (unpaired) electrons. The number of nitrogens with two attached hydrogens (primary N) is 1. The highest BCUT2D eigenvalue weighted by Crippen LogP contribution is 2.44. The monoisotopic (exact) mass is 468 g/mol. The summed E-state index contributed by atoms with van der Waals surface area (Å²) >= 11 is 0. The number of allylic oxidation sites excluding steroid dienone is 1. The number of carbonyl (C=O) groups is 1. The first kappa shape index (κ1) is 23.5. The summed E-state index contributed by atoms with van der Waals surface area (Å²) in [5.41, 5.74) is 8.82. The third kappa shape index (κ3) is 5.28. The fourth-order valence-electron chi connectivity index (χ4n) is 3.80. The number of hydrogen-bond acceptors (Lipinski definition) is 7. The zero-order valence-corrected chi connectivity index (χ0v) is 19.2. The van der Waals surface area contributed by atoms with Crippen molar-refractivity contribution in [3.05, 3.63) is 108 Å². The second-order valence-corrected chi connectivity index (χ2v) is 7.82. The topological polar surface area (TPSA) is 104 Å². The van der Waals surface area contributed by atoms with Crippen molar-refractivity contribution in [2.75, 3.05) is 13.2 Å². The van der Waals surface area contributed by atoms with Gasteiger partial charge in [0.05, 0.1) is 5.92 Å². The molecule has 7 heteroatoms. The molecule has 0 bridgehead atoms. The molecule has 0 spiro atoms. The van der Waals surface area contributed by atoms with Crippen LogP contribution >= 0.6 is 0 Å². The fourth-order valence-corrected chi connectivity index (χ4v) is 3.80. The SMILES string of the molecule is C=CCOc1cccc(C2C(C#N)=C(N)Oc3cc(OC(=O)COc4ccccc4C)ccc32)c1. The van der Waals surface area contributed by atoms with Crippen molar-refractivity contribution in [1.29, 1.82) is 5.26 Å². The number of ether oxygens (including phenoxy) is 4. The molecule has 1 atom stereocenters. The van der Waals surface area contributed by atoms with Gasteiger partial charge in [-0.05, 0) is 42.3 Å². The molecule has 1 unspecified atom stereocenters. The zero-order chi connectivity index (χ0) is 24.8. The predicted molar refractivity (Wildman–Crippen MR) is 130 cm³/mol. The standard InChI is InChI=1S/C28H24N2O5/c1-3-13-32-20-9-6-8-19(14-20)27-22-12-11-21(15-25(22)35-28(30)23(27)16-29)34-26(31)17-33-24-10-5-4-7-18(24)2/h3-12,14-15,27H,1,13,17,30H2,2H3. The van der Waals surface area contributed by atoms with Gasteiger partial charge in [-0.25, -0.2) is 4.79 Å². The number of para-hydroxylation sites is 1. The number of rotatable bonds is 8. The summed E-state index contributed by atoms with van der Waals surface area (Å²) in [6.07, 6.45) is 1.66. The van der Waals surface area contributed by atoms with Crippen molar-refractivity contribution in [3.63, 3.8) is 0 Å². The van der Waals surface area contributed by atoms with Crippen LogP contribution < -0.4 is 24.7 Å². The number of nitriles is 1. The van der Waals surface area contributed by atoms with Gasteiger partial charge in [-0.1, -0.05) is 49.1 Å². The van der Waals surface area contributed by atoms with Crippen molar-refractivity contribution in [1.82, 2.24) is 0 Å². The van der Waals surface area contributed by atoms with E-state index in [1.165, 1.54) is 0 Å². The van der Waals surface area contributed by atoms with Crippen molar-refractivity contribution < 1.29 is 23.7 Å². The second kappa shape index (κ2) is 10.5. The normalized spacial score (nSPS) is 14.2. The smallest absolute Gasteiger partial charge is 0.349 e. The van der Waals surface area contributed by atoms with Gasteiger partial charge >= 0.3 is 5.97 Å². The van der Waals surface area contributed by atoms with Crippen LogP contribution in [0.1, 0.15) is 22.6 Å². The number of fused-ring (bicyclic) bond motifs is 1. The number of hydrogen-bond donors (Lipinski definition) is 1. The molecule has 35 heavy (non-hydrogen) atoms. The van der Waals surface area contributed by atoms with E-state index in [0.29, 0.717) is 29.4 Å². The van der Waals surface area contributed by atoms with E-state index < -0.39 is 11.9 Å². The molecule has 0 aromatic heterocycles. The molecule has 0 saturated heterocycles. The maximum atomic E-state index is 12.4. The van der Waals surface area contributed by atoms with Crippen molar-refractivity contribution in [2.45, 2.75) is 12.8 Å². The Labute approximate surface area is 203 Å². The van der Waals surface area contributed by atoms with Crippen LogP contribution in [0.2, 0.25) is 0 Å². The summed E-state index contributed by atoms with van der Waals surface area (Å²) in [7, 11) is 0. The van der Waals surface area contributed by atoms with Gasteiger partial charge in [-0.3, -0.25) is 0 Å². The van der Waals surface area contributed by atoms with Gasteiger partial charge in [0.1, 0.15) is 41.2 Å². The lowest BCUT2D eigenvalue weighted by Crippen LogP contribution is -2.22. The van der Waals surface area contributed by atoms with Gasteiger partial charge < -0.3 is 24.7 Å². The Morgan fingerprint density at radius 3 is 2.71 bits per heavy atom. The van der Waals surface area contributed by atoms with E-state index in [0.717, 1.165) is 11.1 Å². The molecular weight excluding hydrogens is 444 g/mol. The van der Waals surface area contributed by atoms with Crippen LogP contribution in [0.25, 0.3) is 0 Å². The van der Waals surface area contributed by atoms with Gasteiger partial charge in [0.2, 0.25) is 5.88 Å². The first-order chi connectivity index (χ1) is 17.0. The van der Waals surface area contributed by atoms with Crippen molar-refractivity contribution in [2.24, 2.45) is 5.73 Å². The van der Waals surface area contributed by atoms with Crippen LogP contribution in [-0.4, -0.2) is 19.2 Å². The predicted octanol–water partition coefficient (Wildman–Crippen LogP) is 4.76. The summed E-state index contributed by atoms with van der Waals surface area (Å²) in [6.45, 7) is 5.67. The van der Waals surface area contributed by atoms with E-state index >= 15 is 0 Å². The first-order valence-corrected chi connectivity index (χ1v) is 10.9. The minimum absolute atomic E-state index is 0.00576. The molecule has 1 aliphatic heterocycles. The van der Waals surface area contributed by atoms with E-state index in [9.17, 15) is 10.1 Å². The van der Waals surface area contributed by atoms with Gasteiger partial charge in [0, 0.05) is 11.6 Å². The van der Waals surface area contributed by atoms with E-state index in [2.05, 4.69) is 12.6 Å². The van der Waals surface area contributed by atoms with E-state index in [1.807, 2.05) is 49.4 Å². The Hall–Kier alpha value is -4.70. The highest BCUT2D eigenvalue weighted by molar-refractivity contribution is 5.74. The molecule has 1 heterocycles. The van der Waals surface area contributed by atoms with E-state index in [4.69, 9.17) is 24.7 Å². The van der Waals surface area contributed by atoms with Gasteiger partial charge in [0.15, 0.2) is 6.61 Å². The third-order valence-electron chi connectivity index (χ3n) is 5.42. The van der Waals surface area contributed by atoms with Crippen LogP contribution in [0.4, 0.5) is 0 Å². The molecule has 0 aliphatic carbocycles. The van der Waals surface area contributed by atoms with Crippen LogP contribution in [0.3, 0.4) is 0 Å². The summed E-state index contributed by atoms with van der Waals surface area (Å²) in [6, 6.07) is 22.0. The second-order valence-electron chi connectivity index (χ2n) is 7.82. The average molecular weight is 469 g/mol. The Balaban J connectivity index is 1.56. The molecule has 2 N–H and O–H groups in total. The summed E-state index contributed by atoms with van der Waals surface area (Å²) in [5.74, 6) is 0.895. The highest BCUT2D eigenvalue weighted by atomic mass is 16.6. The van der Waals surface area contributed by atoms with E-state index in [1.54, 1.807) is 30.3 Å². The molecule has 3 aromatic carbocycles. The summed E-state index contributed by atoms with van der Waals surface area (Å²) in [5, 5.41) is 9.78. The minimum atomic E-state index is -0.561. The van der Waals surface area contributed by atoms with E-state index in [-0.39, 0.29) is 23.8 Å². The highest BCUT2D eigenvalue weighted by Gasteiger charge is 2.31. The van der Waals surface area contributed by atoms with Gasteiger partial charge in [0.25, 0.3) is 0 Å². The fraction of sp³-hybridized carbons (Fsp3) is 0.143. The average Bonchev–Trinajstić information content (AvgIpc) is 2.86. The maximum Gasteiger partial charge on any atom is 0.349 e. The number of nitrogens with zero attached hydrogens (tertiary/aromatic N) is 1. The Morgan fingerprint density at radius 1 is 1.11 bits per heavy atom. The third-order valence-corrected chi connectivity index (χ3v) is 5.42. The van der Waals surface area contributed by atoms with Crippen molar-refractivity contribution >= 4 is 5.97 Å². The molecule has 0 amide bonds. The molecule has 0 fully saturated rings. The van der Waals surface area contributed by atoms with Crippen LogP contribution in [0, 0.1) is 18.3 Å². The number of esters is 1. The lowest BCUT2D eigenvalue weighted by Gasteiger charge is -2.27. The molecule has 176 valence electrons. The molecule has 3 aromatic rings. The summed E-state index contributed by atoms with van der Waals surface area (Å²) < 4.78 is 22.4. The quantitative estimate of drug-likeness (QED) is 0.289. The Morgan fingerprint density at radius 2 is 1.94 bits per heavy atom. The van der Waals surface area contributed by atoms with Crippen LogP contribution in [-0.2, 0) is 4.79 Å². The Kier molecular flexibility index (Phi) is 7.03. The lowest BCUT2D eigenvalue weighted by atomic mass is 9.83. The molecule has 4 rings (SSSR count). The molecule has 0 saturated carbocycles. The lowest BCUT2D eigenvalue weighted by molar-refractivity contribution is -0.136. The molecular formula is C28H24N2O5. The maximum absolute atomic E-state index is 12.4. The number of carbonyl (C=O) groups excluding carboxylic acids is 1. The van der Waals surface area contributed by atoms with Gasteiger partial charge in [-0.15, -0.1) is 0 Å². The van der Waals surface area contributed by atoms with Gasteiger partial charge in [-0.2, -0.15) is 5.26 Å². The first-order valence-electron chi connectivity index (χ1n) is 10.9. The van der Waals surface area contributed by atoms with Crippen LogP contribution in [0.15, 0.2) is 90.8 Å². The van der Waals surface area contributed by atoms with Crippen LogP contribution in [0.5, 0.6) is 23.0 Å².